The van der Waals surface area contributed by atoms with Gasteiger partial charge in [0.2, 0.25) is 0 Å². The lowest BCUT2D eigenvalue weighted by Crippen LogP contribution is -2.43. The van der Waals surface area contributed by atoms with E-state index >= 15 is 0 Å². The van der Waals surface area contributed by atoms with E-state index < -0.39 is 0 Å². The average molecular weight is 295 g/mol. The van der Waals surface area contributed by atoms with Crippen LogP contribution in [0.4, 0.5) is 17.3 Å². The van der Waals surface area contributed by atoms with Crippen LogP contribution in [0.5, 0.6) is 0 Å². The molecule has 112 valence electrons. The van der Waals surface area contributed by atoms with Crippen LogP contribution < -0.4 is 15.5 Å². The Hall–Kier alpha value is -2.67. The van der Waals surface area contributed by atoms with Crippen LogP contribution in [-0.2, 0) is 0 Å². The zero-order valence-corrected chi connectivity index (χ0v) is 12.1. The zero-order valence-electron chi connectivity index (χ0n) is 12.1. The molecule has 0 aliphatic carbocycles. The van der Waals surface area contributed by atoms with Crippen LogP contribution in [0.25, 0.3) is 10.9 Å². The maximum absolute atomic E-state index is 4.38. The van der Waals surface area contributed by atoms with E-state index in [0.717, 1.165) is 48.7 Å². The monoisotopic (exact) mass is 295 g/mol. The fourth-order valence-corrected chi connectivity index (χ4v) is 2.65. The lowest BCUT2D eigenvalue weighted by atomic mass is 10.3. The molecule has 0 saturated carbocycles. The Morgan fingerprint density at radius 3 is 2.82 bits per heavy atom. The van der Waals surface area contributed by atoms with Crippen molar-refractivity contribution in [3.05, 3.63) is 36.8 Å². The van der Waals surface area contributed by atoms with Crippen LogP contribution in [-0.4, -0.2) is 46.3 Å². The van der Waals surface area contributed by atoms with Gasteiger partial charge in [-0.3, -0.25) is 5.10 Å². The summed E-state index contributed by atoms with van der Waals surface area (Å²) in [7, 11) is 0. The van der Waals surface area contributed by atoms with Crippen molar-refractivity contribution in [3.8, 4) is 0 Å². The molecular formula is C15H17N7. The third-order valence-electron chi connectivity index (χ3n) is 3.81. The quantitative estimate of drug-likeness (QED) is 0.679. The predicted molar refractivity (Wildman–Crippen MR) is 86.5 cm³/mol. The molecule has 0 atom stereocenters. The third kappa shape index (κ3) is 2.58. The van der Waals surface area contributed by atoms with Crippen LogP contribution in [0.3, 0.4) is 0 Å². The van der Waals surface area contributed by atoms with E-state index in [4.69, 9.17) is 0 Å². The van der Waals surface area contributed by atoms with Crippen LogP contribution in [0.2, 0.25) is 0 Å². The lowest BCUT2D eigenvalue weighted by Gasteiger charge is -2.29. The summed E-state index contributed by atoms with van der Waals surface area (Å²) in [6, 6.07) is 6.06. The van der Waals surface area contributed by atoms with Crippen molar-refractivity contribution < 1.29 is 0 Å². The minimum atomic E-state index is 0.763. The fourth-order valence-electron chi connectivity index (χ4n) is 2.65. The standard InChI is InChI=1S/C15H17N7/c1-2-17-15(8-12(1)22-5-3-16-4-6-22)20-14-7-11-9-19-21-13(11)10-18-14/h1-2,7-10,16H,3-6H2,(H,19,21)(H,17,18,20). The van der Waals surface area contributed by atoms with Crippen LogP contribution in [0.15, 0.2) is 36.8 Å². The number of piperazine rings is 1. The second-order valence-corrected chi connectivity index (χ2v) is 5.29. The summed E-state index contributed by atoms with van der Waals surface area (Å²) in [5, 5.41) is 14.5. The molecule has 4 heterocycles. The van der Waals surface area contributed by atoms with Gasteiger partial charge in [0.05, 0.1) is 17.9 Å². The molecule has 0 amide bonds. The number of anilines is 3. The van der Waals surface area contributed by atoms with Gasteiger partial charge in [-0.15, -0.1) is 0 Å². The summed E-state index contributed by atoms with van der Waals surface area (Å²) in [4.78, 5) is 11.1. The molecule has 4 rings (SSSR count). The number of nitrogens with zero attached hydrogens (tertiary/aromatic N) is 4. The van der Waals surface area contributed by atoms with Gasteiger partial charge in [-0.05, 0) is 12.1 Å². The summed E-state index contributed by atoms with van der Waals surface area (Å²) in [5.74, 6) is 1.56. The van der Waals surface area contributed by atoms with Crippen molar-refractivity contribution in [1.29, 1.82) is 0 Å². The van der Waals surface area contributed by atoms with E-state index in [1.807, 2.05) is 18.3 Å². The highest BCUT2D eigenvalue weighted by Gasteiger charge is 2.11. The molecule has 0 radical (unpaired) electrons. The van der Waals surface area contributed by atoms with E-state index in [-0.39, 0.29) is 0 Å². The Kier molecular flexibility index (Phi) is 3.32. The topological polar surface area (TPSA) is 81.8 Å². The van der Waals surface area contributed by atoms with Crippen molar-refractivity contribution in [2.75, 3.05) is 36.4 Å². The van der Waals surface area contributed by atoms with Gasteiger partial charge in [-0.1, -0.05) is 0 Å². The first-order valence-corrected chi connectivity index (χ1v) is 7.36. The largest absolute Gasteiger partial charge is 0.369 e. The maximum atomic E-state index is 4.38. The molecule has 1 saturated heterocycles. The van der Waals surface area contributed by atoms with E-state index in [1.54, 1.807) is 12.4 Å². The Labute approximate surface area is 127 Å². The highest BCUT2D eigenvalue weighted by Crippen LogP contribution is 2.21. The molecule has 1 fully saturated rings. The molecule has 3 aromatic heterocycles. The Morgan fingerprint density at radius 2 is 1.91 bits per heavy atom. The summed E-state index contributed by atoms with van der Waals surface area (Å²) in [5.41, 5.74) is 2.11. The van der Waals surface area contributed by atoms with Gasteiger partial charge < -0.3 is 15.5 Å². The van der Waals surface area contributed by atoms with Crippen LogP contribution in [0, 0.1) is 0 Å². The Morgan fingerprint density at radius 1 is 1.05 bits per heavy atom. The second kappa shape index (κ2) is 5.61. The fraction of sp³-hybridized carbons (Fsp3) is 0.267. The molecule has 0 bridgehead atoms. The number of H-pyrrole nitrogens is 1. The number of rotatable bonds is 3. The van der Waals surface area contributed by atoms with Crippen molar-refractivity contribution in [1.82, 2.24) is 25.5 Å². The zero-order chi connectivity index (χ0) is 14.8. The molecule has 0 unspecified atom stereocenters. The first kappa shape index (κ1) is 13.0. The minimum absolute atomic E-state index is 0.763. The molecule has 1 aliphatic rings. The molecule has 3 aromatic rings. The van der Waals surface area contributed by atoms with Crippen molar-refractivity contribution in [3.63, 3.8) is 0 Å². The molecule has 7 nitrogen and oxygen atoms in total. The molecule has 0 spiro atoms. The summed E-state index contributed by atoms with van der Waals surface area (Å²) >= 11 is 0. The number of hydrogen-bond acceptors (Lipinski definition) is 6. The van der Waals surface area contributed by atoms with Gasteiger partial charge in [0.1, 0.15) is 11.6 Å². The van der Waals surface area contributed by atoms with Crippen LogP contribution in [0.1, 0.15) is 0 Å². The number of aromatic nitrogens is 4. The first-order chi connectivity index (χ1) is 10.9. The van der Waals surface area contributed by atoms with Gasteiger partial charge in [-0.2, -0.15) is 5.10 Å². The minimum Gasteiger partial charge on any atom is -0.369 e. The Balaban J connectivity index is 1.56. The predicted octanol–water partition coefficient (Wildman–Crippen LogP) is 1.51. The maximum Gasteiger partial charge on any atom is 0.133 e. The third-order valence-corrected chi connectivity index (χ3v) is 3.81. The number of nitrogens with one attached hydrogen (secondary N) is 3. The normalized spacial score (nSPS) is 15.2. The van der Waals surface area contributed by atoms with Gasteiger partial charge in [0, 0.05) is 49.5 Å². The van der Waals surface area contributed by atoms with E-state index in [1.165, 1.54) is 5.69 Å². The molecule has 7 heteroatoms. The van der Waals surface area contributed by atoms with Gasteiger partial charge in [0.15, 0.2) is 0 Å². The highest BCUT2D eigenvalue weighted by atomic mass is 15.2. The first-order valence-electron chi connectivity index (χ1n) is 7.36. The van der Waals surface area contributed by atoms with Crippen molar-refractivity contribution in [2.24, 2.45) is 0 Å². The van der Waals surface area contributed by atoms with Crippen molar-refractivity contribution >= 4 is 28.2 Å². The molecule has 1 aliphatic heterocycles. The van der Waals surface area contributed by atoms with Crippen LogP contribution >= 0.6 is 0 Å². The molecule has 3 N–H and O–H groups in total. The number of pyridine rings is 2. The van der Waals surface area contributed by atoms with Gasteiger partial charge >= 0.3 is 0 Å². The summed E-state index contributed by atoms with van der Waals surface area (Å²) < 4.78 is 0. The number of aromatic amines is 1. The second-order valence-electron chi connectivity index (χ2n) is 5.29. The highest BCUT2D eigenvalue weighted by molar-refractivity contribution is 5.80. The van der Waals surface area contributed by atoms with Gasteiger partial charge in [-0.25, -0.2) is 9.97 Å². The summed E-state index contributed by atoms with van der Waals surface area (Å²) in [6.45, 7) is 4.07. The average Bonchev–Trinajstić information content (AvgIpc) is 3.04. The molecule has 22 heavy (non-hydrogen) atoms. The molecular weight excluding hydrogens is 278 g/mol. The number of hydrogen-bond donors (Lipinski definition) is 3. The summed E-state index contributed by atoms with van der Waals surface area (Å²) in [6.07, 6.45) is 5.38. The van der Waals surface area contributed by atoms with E-state index in [9.17, 15) is 0 Å². The smallest absolute Gasteiger partial charge is 0.133 e. The van der Waals surface area contributed by atoms with Gasteiger partial charge in [0.25, 0.3) is 0 Å². The Bertz CT molecular complexity index is 776. The van der Waals surface area contributed by atoms with Crippen molar-refractivity contribution in [2.45, 2.75) is 0 Å². The van der Waals surface area contributed by atoms with E-state index in [2.05, 4.69) is 41.8 Å². The number of fused-ring (bicyclic) bond motifs is 1. The van der Waals surface area contributed by atoms with E-state index in [0.29, 0.717) is 0 Å². The lowest BCUT2D eigenvalue weighted by molar-refractivity contribution is 0.589. The molecule has 0 aromatic carbocycles. The SMILES string of the molecule is c1cc(N2CCNCC2)cc(Nc2cc3cn[nH]c3cn2)n1.